The van der Waals surface area contributed by atoms with Gasteiger partial charge in [0.05, 0.1) is 10.0 Å². The van der Waals surface area contributed by atoms with Crippen LogP contribution in [-0.4, -0.2) is 17.9 Å². The Morgan fingerprint density at radius 2 is 1.85 bits per heavy atom. The Morgan fingerprint density at radius 1 is 1.15 bits per heavy atom. The average Bonchev–Trinajstić information content (AvgIpc) is 2.43. The van der Waals surface area contributed by atoms with Crippen LogP contribution in [0.3, 0.4) is 0 Å². The van der Waals surface area contributed by atoms with Gasteiger partial charge in [-0.2, -0.15) is 0 Å². The molecule has 2 aromatic carbocycles. The molecule has 2 aromatic rings. The minimum absolute atomic E-state index is 0.0979. The summed E-state index contributed by atoms with van der Waals surface area (Å²) >= 11 is 15.3. The van der Waals surface area contributed by atoms with Gasteiger partial charge in [-0.1, -0.05) is 57.3 Å². The van der Waals surface area contributed by atoms with Crippen LogP contribution in [0.4, 0.5) is 0 Å². The van der Waals surface area contributed by atoms with Gasteiger partial charge in [0.25, 0.3) is 5.91 Å². The molecule has 104 valence electrons. The highest BCUT2D eigenvalue weighted by molar-refractivity contribution is 9.10. The average molecular weight is 373 g/mol. The van der Waals surface area contributed by atoms with E-state index in [0.29, 0.717) is 22.2 Å². The summed E-state index contributed by atoms with van der Waals surface area (Å²) < 4.78 is 0.980. The first-order valence-electron chi connectivity index (χ1n) is 5.93. The van der Waals surface area contributed by atoms with Crippen molar-refractivity contribution in [3.8, 4) is 0 Å². The Labute approximate surface area is 136 Å². The van der Waals surface area contributed by atoms with Crippen LogP contribution in [0.5, 0.6) is 0 Å². The monoisotopic (exact) mass is 371 g/mol. The van der Waals surface area contributed by atoms with Crippen molar-refractivity contribution in [1.29, 1.82) is 0 Å². The maximum absolute atomic E-state index is 12.3. The minimum atomic E-state index is -0.0979. The van der Waals surface area contributed by atoms with Gasteiger partial charge < -0.3 is 4.90 Å². The lowest BCUT2D eigenvalue weighted by atomic mass is 10.1. The maximum atomic E-state index is 12.3. The van der Waals surface area contributed by atoms with Crippen molar-refractivity contribution >= 4 is 45.0 Å². The molecule has 0 atom stereocenters. The molecule has 0 aliphatic rings. The molecule has 0 unspecified atom stereocenters. The third kappa shape index (κ3) is 3.54. The molecule has 0 radical (unpaired) electrons. The van der Waals surface area contributed by atoms with Gasteiger partial charge >= 0.3 is 0 Å². The summed E-state index contributed by atoms with van der Waals surface area (Å²) in [4.78, 5) is 14.0. The smallest absolute Gasteiger partial charge is 0.253 e. The molecule has 0 aliphatic carbocycles. The summed E-state index contributed by atoms with van der Waals surface area (Å²) in [7, 11) is 1.75. The van der Waals surface area contributed by atoms with Crippen LogP contribution < -0.4 is 0 Å². The molecule has 0 aliphatic heterocycles. The second-order valence-corrected chi connectivity index (χ2v) is 6.05. The van der Waals surface area contributed by atoms with Crippen molar-refractivity contribution in [3.63, 3.8) is 0 Å². The van der Waals surface area contributed by atoms with Crippen LogP contribution in [0.1, 0.15) is 15.9 Å². The SMILES string of the molecule is CN(Cc1ccccc1Br)C(=O)c1ccc(Cl)c(Cl)c1. The van der Waals surface area contributed by atoms with E-state index in [1.54, 1.807) is 30.1 Å². The molecule has 5 heteroatoms. The van der Waals surface area contributed by atoms with Gasteiger partial charge in [-0.3, -0.25) is 4.79 Å². The summed E-state index contributed by atoms with van der Waals surface area (Å²) in [5.74, 6) is -0.0979. The Morgan fingerprint density at radius 3 is 2.50 bits per heavy atom. The highest BCUT2D eigenvalue weighted by Gasteiger charge is 2.14. The lowest BCUT2D eigenvalue weighted by Crippen LogP contribution is -2.26. The Balaban J connectivity index is 2.16. The molecule has 20 heavy (non-hydrogen) atoms. The Bertz CT molecular complexity index is 646. The van der Waals surface area contributed by atoms with Gasteiger partial charge in [0, 0.05) is 23.6 Å². The topological polar surface area (TPSA) is 20.3 Å². The molecule has 0 fully saturated rings. The molecule has 0 saturated heterocycles. The number of hydrogen-bond donors (Lipinski definition) is 0. The van der Waals surface area contributed by atoms with Crippen molar-refractivity contribution in [2.75, 3.05) is 7.05 Å². The fourth-order valence-corrected chi connectivity index (χ4v) is 2.51. The maximum Gasteiger partial charge on any atom is 0.253 e. The van der Waals surface area contributed by atoms with Gasteiger partial charge in [0.2, 0.25) is 0 Å². The third-order valence-electron chi connectivity index (χ3n) is 2.88. The summed E-state index contributed by atoms with van der Waals surface area (Å²) in [5, 5.41) is 0.823. The fourth-order valence-electron chi connectivity index (χ4n) is 1.80. The molecule has 0 N–H and O–H groups in total. The number of carbonyl (C=O) groups excluding carboxylic acids is 1. The lowest BCUT2D eigenvalue weighted by molar-refractivity contribution is 0.0785. The second kappa shape index (κ2) is 6.61. The number of halogens is 3. The first-order valence-corrected chi connectivity index (χ1v) is 7.48. The first kappa shape index (κ1) is 15.4. The molecule has 0 aromatic heterocycles. The highest BCUT2D eigenvalue weighted by Crippen LogP contribution is 2.24. The number of nitrogens with zero attached hydrogens (tertiary/aromatic N) is 1. The molecule has 2 rings (SSSR count). The summed E-state index contributed by atoms with van der Waals surface area (Å²) in [5.41, 5.74) is 1.57. The third-order valence-corrected chi connectivity index (χ3v) is 4.39. The molecular formula is C15H12BrCl2NO. The minimum Gasteiger partial charge on any atom is -0.337 e. The standard InChI is InChI=1S/C15H12BrCl2NO/c1-19(9-11-4-2-3-5-12(11)16)15(20)10-6-7-13(17)14(18)8-10/h2-8H,9H2,1H3. The number of hydrogen-bond acceptors (Lipinski definition) is 1. The van der Waals surface area contributed by atoms with Crippen molar-refractivity contribution in [2.24, 2.45) is 0 Å². The zero-order valence-electron chi connectivity index (χ0n) is 10.7. The zero-order chi connectivity index (χ0) is 14.7. The van der Waals surface area contributed by atoms with Crippen molar-refractivity contribution in [3.05, 3.63) is 68.1 Å². The van der Waals surface area contributed by atoms with E-state index in [1.165, 1.54) is 0 Å². The van der Waals surface area contributed by atoms with Crippen molar-refractivity contribution in [1.82, 2.24) is 4.90 Å². The summed E-state index contributed by atoms with van der Waals surface area (Å²) in [6, 6.07) is 12.7. The van der Waals surface area contributed by atoms with Gasteiger partial charge in [-0.15, -0.1) is 0 Å². The van der Waals surface area contributed by atoms with Gasteiger partial charge in [-0.25, -0.2) is 0 Å². The molecule has 1 amide bonds. The molecule has 0 bridgehead atoms. The van der Waals surface area contributed by atoms with E-state index >= 15 is 0 Å². The number of benzene rings is 2. The van der Waals surface area contributed by atoms with E-state index in [9.17, 15) is 4.79 Å². The lowest BCUT2D eigenvalue weighted by Gasteiger charge is -2.18. The molecule has 0 spiro atoms. The molecule has 0 heterocycles. The molecular weight excluding hydrogens is 361 g/mol. The van der Waals surface area contributed by atoms with E-state index in [0.717, 1.165) is 10.0 Å². The van der Waals surface area contributed by atoms with Crippen molar-refractivity contribution in [2.45, 2.75) is 6.54 Å². The molecule has 2 nitrogen and oxygen atoms in total. The summed E-state index contributed by atoms with van der Waals surface area (Å²) in [6.07, 6.45) is 0. The van der Waals surface area contributed by atoms with Gasteiger partial charge in [-0.05, 0) is 29.8 Å². The largest absolute Gasteiger partial charge is 0.337 e. The van der Waals surface area contributed by atoms with Gasteiger partial charge in [0.15, 0.2) is 0 Å². The number of amides is 1. The van der Waals surface area contributed by atoms with Crippen LogP contribution in [0.15, 0.2) is 46.9 Å². The normalized spacial score (nSPS) is 10.4. The van der Waals surface area contributed by atoms with Crippen LogP contribution in [0.2, 0.25) is 10.0 Å². The first-order chi connectivity index (χ1) is 9.49. The molecule has 0 saturated carbocycles. The predicted molar refractivity (Wildman–Crippen MR) is 86.4 cm³/mol. The fraction of sp³-hybridized carbons (Fsp3) is 0.133. The summed E-state index contributed by atoms with van der Waals surface area (Å²) in [6.45, 7) is 0.514. The number of carbonyl (C=O) groups is 1. The second-order valence-electron chi connectivity index (χ2n) is 4.38. The van der Waals surface area contributed by atoms with E-state index in [4.69, 9.17) is 23.2 Å². The van der Waals surface area contributed by atoms with E-state index in [2.05, 4.69) is 15.9 Å². The van der Waals surface area contributed by atoms with Crippen molar-refractivity contribution < 1.29 is 4.79 Å². The predicted octanol–water partition coefficient (Wildman–Crippen LogP) is 5.03. The highest BCUT2D eigenvalue weighted by atomic mass is 79.9. The van der Waals surface area contributed by atoms with Crippen LogP contribution in [0.25, 0.3) is 0 Å². The van der Waals surface area contributed by atoms with Crippen LogP contribution in [0, 0.1) is 0 Å². The number of rotatable bonds is 3. The van der Waals surface area contributed by atoms with E-state index in [-0.39, 0.29) is 5.91 Å². The Kier molecular flexibility index (Phi) is 5.08. The Hall–Kier alpha value is -1.03. The van der Waals surface area contributed by atoms with Crippen LogP contribution in [-0.2, 0) is 6.54 Å². The van der Waals surface area contributed by atoms with E-state index < -0.39 is 0 Å². The van der Waals surface area contributed by atoms with Gasteiger partial charge in [0.1, 0.15) is 0 Å². The quantitative estimate of drug-likeness (QED) is 0.739. The zero-order valence-corrected chi connectivity index (χ0v) is 13.8. The van der Waals surface area contributed by atoms with Crippen LogP contribution >= 0.6 is 39.1 Å². The van der Waals surface area contributed by atoms with E-state index in [1.807, 2.05) is 24.3 Å².